The highest BCUT2D eigenvalue weighted by molar-refractivity contribution is 7.89. The lowest BCUT2D eigenvalue weighted by Crippen LogP contribution is -2.50. The predicted octanol–water partition coefficient (Wildman–Crippen LogP) is 4.43. The van der Waals surface area contributed by atoms with Gasteiger partial charge in [-0.1, -0.05) is 48.6 Å². The van der Waals surface area contributed by atoms with E-state index in [-0.39, 0.29) is 18.7 Å². The number of ether oxygens (including phenoxy) is 1. The van der Waals surface area contributed by atoms with E-state index in [4.69, 9.17) is 4.74 Å². The highest BCUT2D eigenvalue weighted by Crippen LogP contribution is 2.35. The Kier molecular flexibility index (Phi) is 5.39. The molecule has 166 valence electrons. The van der Waals surface area contributed by atoms with Crippen LogP contribution in [0.15, 0.2) is 59.5 Å². The Labute approximate surface area is 188 Å². The fourth-order valence-corrected chi connectivity index (χ4v) is 6.32. The van der Waals surface area contributed by atoms with E-state index in [2.05, 4.69) is 6.08 Å². The van der Waals surface area contributed by atoms with Crippen molar-refractivity contribution in [3.8, 4) is 0 Å². The van der Waals surface area contributed by atoms with Crippen LogP contribution in [0.4, 0.5) is 10.5 Å². The molecule has 1 saturated heterocycles. The summed E-state index contributed by atoms with van der Waals surface area (Å²) in [7, 11) is -3.60. The van der Waals surface area contributed by atoms with Crippen molar-refractivity contribution in [2.45, 2.75) is 43.7 Å². The lowest BCUT2D eigenvalue weighted by molar-refractivity contribution is 0.135. The van der Waals surface area contributed by atoms with Crippen LogP contribution in [0.3, 0.4) is 0 Å². The van der Waals surface area contributed by atoms with Gasteiger partial charge in [-0.2, -0.15) is 4.31 Å². The molecule has 0 radical (unpaired) electrons. The van der Waals surface area contributed by atoms with Gasteiger partial charge in [0, 0.05) is 24.7 Å². The Bertz CT molecular complexity index is 1220. The molecule has 6 nitrogen and oxygen atoms in total. The lowest BCUT2D eigenvalue weighted by Gasteiger charge is -2.40. The molecule has 32 heavy (non-hydrogen) atoms. The summed E-state index contributed by atoms with van der Waals surface area (Å²) in [5, 5.41) is 0. The number of rotatable bonds is 3. The molecule has 2 heterocycles. The van der Waals surface area contributed by atoms with Gasteiger partial charge in [-0.15, -0.1) is 0 Å². The summed E-state index contributed by atoms with van der Waals surface area (Å²) in [6.45, 7) is 3.01. The minimum Gasteiger partial charge on any atom is -0.444 e. The molecule has 1 aliphatic carbocycles. The van der Waals surface area contributed by atoms with Crippen LogP contribution in [0.25, 0.3) is 6.08 Å². The van der Waals surface area contributed by atoms with E-state index >= 15 is 0 Å². The number of sulfonamides is 1. The summed E-state index contributed by atoms with van der Waals surface area (Å²) in [6, 6.07) is 11.2. The number of carbonyl (C=O) groups is 1. The van der Waals surface area contributed by atoms with Crippen molar-refractivity contribution >= 4 is 27.9 Å². The molecule has 0 saturated carbocycles. The second kappa shape index (κ2) is 8.22. The van der Waals surface area contributed by atoms with Crippen LogP contribution < -0.4 is 4.90 Å². The summed E-state index contributed by atoms with van der Waals surface area (Å²) in [5.41, 5.74) is 4.99. The SMILES string of the molecule is Cc1cccc2c1N(C1CCN(S(=O)(=O)c3ccc4c(c3)C=CC=CC4)CC1)C(=O)OC2. The molecule has 3 aliphatic rings. The first kappa shape index (κ1) is 21.0. The number of cyclic esters (lactones) is 1. The summed E-state index contributed by atoms with van der Waals surface area (Å²) in [4.78, 5) is 14.7. The van der Waals surface area contributed by atoms with Gasteiger partial charge in [-0.05, 0) is 55.0 Å². The van der Waals surface area contributed by atoms with Crippen molar-refractivity contribution in [1.82, 2.24) is 4.31 Å². The molecule has 5 rings (SSSR count). The standard InChI is InChI=1S/C25H26N2O4S/c1-18-6-5-9-21-17-31-25(28)27(24(18)21)22-12-14-26(15-13-22)32(29,30)23-11-10-19-7-3-2-4-8-20(19)16-23/h2-6,8-11,16,22H,7,12-15,17H2,1H3. The second-order valence-electron chi connectivity index (χ2n) is 8.49. The zero-order chi connectivity index (χ0) is 22.3. The van der Waals surface area contributed by atoms with Gasteiger partial charge in [-0.25, -0.2) is 13.2 Å². The van der Waals surface area contributed by atoms with Crippen molar-refractivity contribution in [2.75, 3.05) is 18.0 Å². The molecule has 0 spiro atoms. The number of fused-ring (bicyclic) bond motifs is 2. The summed E-state index contributed by atoms with van der Waals surface area (Å²) in [6.07, 6.45) is 9.50. The third-order valence-electron chi connectivity index (χ3n) is 6.51. The quantitative estimate of drug-likeness (QED) is 0.694. The van der Waals surface area contributed by atoms with Crippen LogP contribution in [-0.2, 0) is 27.8 Å². The molecule has 0 atom stereocenters. The number of para-hydroxylation sites is 1. The molecule has 1 fully saturated rings. The molecule has 1 amide bonds. The molecule has 0 unspecified atom stereocenters. The number of aryl methyl sites for hydroxylation is 1. The van der Waals surface area contributed by atoms with Gasteiger partial charge in [0.15, 0.2) is 0 Å². The van der Waals surface area contributed by atoms with Gasteiger partial charge in [0.1, 0.15) is 6.61 Å². The van der Waals surface area contributed by atoms with Crippen LogP contribution in [0, 0.1) is 6.92 Å². The Morgan fingerprint density at radius 1 is 1.03 bits per heavy atom. The molecule has 2 aliphatic heterocycles. The number of benzene rings is 2. The van der Waals surface area contributed by atoms with E-state index < -0.39 is 10.0 Å². The Balaban J connectivity index is 1.35. The Morgan fingerprint density at radius 3 is 2.66 bits per heavy atom. The van der Waals surface area contributed by atoms with Crippen LogP contribution in [0.1, 0.15) is 35.1 Å². The van der Waals surface area contributed by atoms with Crippen LogP contribution in [-0.4, -0.2) is 37.9 Å². The first-order chi connectivity index (χ1) is 15.4. The maximum atomic E-state index is 13.3. The van der Waals surface area contributed by atoms with E-state index in [1.54, 1.807) is 17.0 Å². The van der Waals surface area contributed by atoms with Crippen molar-refractivity contribution in [3.05, 3.63) is 76.9 Å². The first-order valence-corrected chi connectivity index (χ1v) is 12.4. The van der Waals surface area contributed by atoms with E-state index in [0.717, 1.165) is 34.4 Å². The summed E-state index contributed by atoms with van der Waals surface area (Å²) >= 11 is 0. The molecular formula is C25H26N2O4S. The summed E-state index contributed by atoms with van der Waals surface area (Å²) in [5.74, 6) is 0. The van der Waals surface area contributed by atoms with E-state index in [9.17, 15) is 13.2 Å². The first-order valence-electron chi connectivity index (χ1n) is 11.0. The van der Waals surface area contributed by atoms with Gasteiger partial charge < -0.3 is 4.74 Å². The van der Waals surface area contributed by atoms with Gasteiger partial charge in [-0.3, -0.25) is 4.90 Å². The number of piperidine rings is 1. The molecule has 2 aromatic carbocycles. The fraction of sp³-hybridized carbons (Fsp3) is 0.320. The Morgan fingerprint density at radius 2 is 1.84 bits per heavy atom. The molecular weight excluding hydrogens is 424 g/mol. The van der Waals surface area contributed by atoms with Crippen LogP contribution >= 0.6 is 0 Å². The fourth-order valence-electron chi connectivity index (χ4n) is 4.81. The van der Waals surface area contributed by atoms with Crippen molar-refractivity contribution in [1.29, 1.82) is 0 Å². The maximum Gasteiger partial charge on any atom is 0.414 e. The Hall–Kier alpha value is -2.90. The topological polar surface area (TPSA) is 66.9 Å². The number of amides is 1. The van der Waals surface area contributed by atoms with Crippen molar-refractivity contribution < 1.29 is 17.9 Å². The predicted molar refractivity (Wildman–Crippen MR) is 124 cm³/mol. The van der Waals surface area contributed by atoms with Gasteiger partial charge >= 0.3 is 6.09 Å². The van der Waals surface area contributed by atoms with Crippen LogP contribution in [0.5, 0.6) is 0 Å². The van der Waals surface area contributed by atoms with E-state index in [0.29, 0.717) is 30.8 Å². The van der Waals surface area contributed by atoms with Crippen molar-refractivity contribution in [3.63, 3.8) is 0 Å². The second-order valence-corrected chi connectivity index (χ2v) is 10.4. The number of hydrogen-bond donors (Lipinski definition) is 0. The highest BCUT2D eigenvalue weighted by Gasteiger charge is 2.37. The number of hydrogen-bond acceptors (Lipinski definition) is 4. The minimum absolute atomic E-state index is 0.0878. The smallest absolute Gasteiger partial charge is 0.414 e. The summed E-state index contributed by atoms with van der Waals surface area (Å²) < 4.78 is 33.6. The monoisotopic (exact) mass is 450 g/mol. The van der Waals surface area contributed by atoms with Gasteiger partial charge in [0.05, 0.1) is 10.6 Å². The average Bonchev–Trinajstić information content (AvgIpc) is 3.04. The number of allylic oxidation sites excluding steroid dienone is 3. The molecule has 2 aromatic rings. The number of anilines is 1. The van der Waals surface area contributed by atoms with E-state index in [1.165, 1.54) is 4.31 Å². The van der Waals surface area contributed by atoms with Crippen LogP contribution in [0.2, 0.25) is 0 Å². The molecule has 0 bridgehead atoms. The van der Waals surface area contributed by atoms with Gasteiger partial charge in [0.25, 0.3) is 0 Å². The highest BCUT2D eigenvalue weighted by atomic mass is 32.2. The van der Waals surface area contributed by atoms with Gasteiger partial charge in [0.2, 0.25) is 10.0 Å². The average molecular weight is 451 g/mol. The lowest BCUT2D eigenvalue weighted by atomic mass is 10.00. The third-order valence-corrected chi connectivity index (χ3v) is 8.41. The normalized spacial score (nSPS) is 19.3. The molecule has 0 aromatic heterocycles. The minimum atomic E-state index is -3.60. The third kappa shape index (κ3) is 3.65. The van der Waals surface area contributed by atoms with Crippen molar-refractivity contribution in [2.24, 2.45) is 0 Å². The molecule has 7 heteroatoms. The largest absolute Gasteiger partial charge is 0.444 e. The zero-order valence-electron chi connectivity index (χ0n) is 18.0. The zero-order valence-corrected chi connectivity index (χ0v) is 18.8. The van der Waals surface area contributed by atoms with E-state index in [1.807, 2.05) is 49.4 Å². The molecule has 0 N–H and O–H groups in total. The number of nitrogens with zero attached hydrogens (tertiary/aromatic N) is 2. The maximum absolute atomic E-state index is 13.3. The number of carbonyl (C=O) groups excluding carboxylic acids is 1.